The fraction of sp³-hybridized carbons (Fsp3) is 0.600. The molecule has 0 saturated carbocycles. The molecule has 0 aromatic rings. The SMILES string of the molecule is C=CC(=O)CCOCC(CC)(COCNC(=O)C=C)COCC(CC)(COCCC(=O)C=C)COCNC(=O)C=C. The van der Waals surface area contributed by atoms with E-state index < -0.39 is 10.8 Å². The number of ether oxygens (including phenoxy) is 5. The first-order chi connectivity index (χ1) is 19.6. The standard InChI is InChI=1S/C30H48N2O9/c1-7-25(33)13-15-37-17-29(11-5,21-40-23-31-27(35)9-3)19-39-20-30(12-6,18-38-16-14-26(34)8-2)22-41-24-32-28(36)10-4/h7-10H,1-4,11-24H2,5-6H3,(H,31,35)(H,32,36). The minimum atomic E-state index is -0.578. The van der Waals surface area contributed by atoms with Gasteiger partial charge in [0.25, 0.3) is 0 Å². The Morgan fingerprint density at radius 2 is 0.902 bits per heavy atom. The van der Waals surface area contributed by atoms with Crippen LogP contribution in [0.15, 0.2) is 50.6 Å². The van der Waals surface area contributed by atoms with Crippen molar-refractivity contribution in [3.8, 4) is 0 Å². The van der Waals surface area contributed by atoms with Crippen LogP contribution in [0.3, 0.4) is 0 Å². The summed E-state index contributed by atoms with van der Waals surface area (Å²) >= 11 is 0. The zero-order valence-corrected chi connectivity index (χ0v) is 24.7. The van der Waals surface area contributed by atoms with E-state index >= 15 is 0 Å². The zero-order chi connectivity index (χ0) is 31.0. The summed E-state index contributed by atoms with van der Waals surface area (Å²) in [7, 11) is 0. The lowest BCUT2D eigenvalue weighted by molar-refractivity contribution is -0.125. The topological polar surface area (TPSA) is 138 Å². The molecule has 11 heteroatoms. The summed E-state index contributed by atoms with van der Waals surface area (Å²) in [5.41, 5.74) is -1.16. The first kappa shape index (κ1) is 38.0. The van der Waals surface area contributed by atoms with Crippen LogP contribution >= 0.6 is 0 Å². The number of rotatable bonds is 28. The summed E-state index contributed by atoms with van der Waals surface area (Å²) in [6.45, 7) is 19.6. The molecule has 2 atom stereocenters. The Balaban J connectivity index is 5.43. The summed E-state index contributed by atoms with van der Waals surface area (Å²) < 4.78 is 29.4. The van der Waals surface area contributed by atoms with E-state index in [0.29, 0.717) is 12.8 Å². The number of carbonyl (C=O) groups excluding carboxylic acids is 4. The van der Waals surface area contributed by atoms with Crippen LogP contribution in [0, 0.1) is 10.8 Å². The molecule has 0 radical (unpaired) electrons. The molecule has 2 amide bonds. The fourth-order valence-electron chi connectivity index (χ4n) is 3.40. The molecule has 0 aromatic heterocycles. The highest BCUT2D eigenvalue weighted by Gasteiger charge is 2.34. The molecule has 0 heterocycles. The summed E-state index contributed by atoms with van der Waals surface area (Å²) in [5.74, 6) is -0.930. The smallest absolute Gasteiger partial charge is 0.245 e. The maximum absolute atomic E-state index is 11.6. The molecule has 0 spiro atoms. The van der Waals surface area contributed by atoms with Gasteiger partial charge in [-0.3, -0.25) is 19.2 Å². The summed E-state index contributed by atoms with van der Waals surface area (Å²) in [4.78, 5) is 46.1. The number of hydrogen-bond donors (Lipinski definition) is 2. The Labute approximate surface area is 244 Å². The second kappa shape index (κ2) is 22.7. The van der Waals surface area contributed by atoms with Crippen molar-refractivity contribution in [1.82, 2.24) is 10.6 Å². The maximum Gasteiger partial charge on any atom is 0.245 e. The van der Waals surface area contributed by atoms with Crippen molar-refractivity contribution < 1.29 is 42.9 Å². The Morgan fingerprint density at radius 1 is 0.561 bits per heavy atom. The number of ketones is 2. The third kappa shape index (κ3) is 17.5. The van der Waals surface area contributed by atoms with E-state index in [0.717, 1.165) is 12.2 Å². The average Bonchev–Trinajstić information content (AvgIpc) is 3.00. The van der Waals surface area contributed by atoms with E-state index in [1.807, 2.05) is 13.8 Å². The van der Waals surface area contributed by atoms with Gasteiger partial charge in [0.05, 0.1) is 52.9 Å². The fourth-order valence-corrected chi connectivity index (χ4v) is 3.40. The largest absolute Gasteiger partial charge is 0.380 e. The van der Waals surface area contributed by atoms with Crippen molar-refractivity contribution in [2.24, 2.45) is 10.8 Å². The summed E-state index contributed by atoms with van der Waals surface area (Å²) in [5, 5.41) is 5.15. The van der Waals surface area contributed by atoms with Crippen molar-refractivity contribution in [3.05, 3.63) is 50.6 Å². The van der Waals surface area contributed by atoms with Crippen LogP contribution in [-0.4, -0.2) is 89.7 Å². The molecule has 0 saturated heterocycles. The predicted molar refractivity (Wildman–Crippen MR) is 156 cm³/mol. The van der Waals surface area contributed by atoms with Crippen LogP contribution < -0.4 is 10.6 Å². The highest BCUT2D eigenvalue weighted by molar-refractivity contribution is 5.89. The van der Waals surface area contributed by atoms with E-state index in [1.165, 1.54) is 12.2 Å². The molecule has 2 N–H and O–H groups in total. The predicted octanol–water partition coefficient (Wildman–Crippen LogP) is 2.67. The molecule has 232 valence electrons. The van der Waals surface area contributed by atoms with Gasteiger partial charge in [-0.15, -0.1) is 0 Å². The summed E-state index contributed by atoms with van der Waals surface area (Å²) in [6, 6.07) is 0. The molecular formula is C30H48N2O9. The Bertz CT molecular complexity index is 733. The van der Waals surface area contributed by atoms with Gasteiger partial charge in [-0.2, -0.15) is 0 Å². The third-order valence-electron chi connectivity index (χ3n) is 6.46. The quantitative estimate of drug-likeness (QED) is 0.0812. The van der Waals surface area contributed by atoms with E-state index in [1.54, 1.807) is 0 Å². The van der Waals surface area contributed by atoms with E-state index in [-0.39, 0.29) is 103 Å². The zero-order valence-electron chi connectivity index (χ0n) is 24.7. The maximum atomic E-state index is 11.6. The van der Waals surface area contributed by atoms with Crippen molar-refractivity contribution in [1.29, 1.82) is 0 Å². The molecule has 2 unspecified atom stereocenters. The van der Waals surface area contributed by atoms with Gasteiger partial charge in [-0.05, 0) is 37.1 Å². The lowest BCUT2D eigenvalue weighted by Crippen LogP contribution is -2.42. The van der Waals surface area contributed by atoms with Gasteiger partial charge in [0.2, 0.25) is 11.8 Å². The molecule has 0 rings (SSSR count). The lowest BCUT2D eigenvalue weighted by Gasteiger charge is -2.36. The monoisotopic (exact) mass is 580 g/mol. The molecule has 0 aliphatic heterocycles. The third-order valence-corrected chi connectivity index (χ3v) is 6.46. The van der Waals surface area contributed by atoms with Gasteiger partial charge >= 0.3 is 0 Å². The first-order valence-corrected chi connectivity index (χ1v) is 13.6. The minimum Gasteiger partial charge on any atom is -0.380 e. The van der Waals surface area contributed by atoms with Crippen molar-refractivity contribution >= 4 is 23.4 Å². The van der Waals surface area contributed by atoms with Gasteiger partial charge in [0.15, 0.2) is 11.6 Å². The van der Waals surface area contributed by atoms with E-state index in [2.05, 4.69) is 36.9 Å². The van der Waals surface area contributed by atoms with Gasteiger partial charge < -0.3 is 34.3 Å². The van der Waals surface area contributed by atoms with Crippen molar-refractivity contribution in [2.75, 3.05) is 66.3 Å². The van der Waals surface area contributed by atoms with E-state index in [4.69, 9.17) is 23.7 Å². The first-order valence-electron chi connectivity index (χ1n) is 13.6. The van der Waals surface area contributed by atoms with Gasteiger partial charge in [-0.25, -0.2) is 0 Å². The second-order valence-electron chi connectivity index (χ2n) is 9.62. The molecule has 0 aliphatic carbocycles. The highest BCUT2D eigenvalue weighted by atomic mass is 16.5. The molecular weight excluding hydrogens is 532 g/mol. The van der Waals surface area contributed by atoms with Gasteiger partial charge in [0, 0.05) is 23.7 Å². The van der Waals surface area contributed by atoms with Gasteiger partial charge in [-0.1, -0.05) is 40.2 Å². The number of hydrogen-bond acceptors (Lipinski definition) is 9. The van der Waals surface area contributed by atoms with Crippen molar-refractivity contribution in [3.63, 3.8) is 0 Å². The Kier molecular flexibility index (Phi) is 21.1. The van der Waals surface area contributed by atoms with Crippen LogP contribution in [0.5, 0.6) is 0 Å². The van der Waals surface area contributed by atoms with Crippen LogP contribution in [-0.2, 0) is 42.9 Å². The number of amides is 2. The normalized spacial score (nSPS) is 13.7. The molecule has 0 aromatic carbocycles. The summed E-state index contributed by atoms with van der Waals surface area (Å²) in [6.07, 6.45) is 6.51. The molecule has 11 nitrogen and oxygen atoms in total. The van der Waals surface area contributed by atoms with Gasteiger partial charge in [0.1, 0.15) is 13.5 Å². The van der Waals surface area contributed by atoms with Crippen LogP contribution in [0.1, 0.15) is 39.5 Å². The molecule has 0 aliphatic rings. The van der Waals surface area contributed by atoms with Crippen LogP contribution in [0.4, 0.5) is 0 Å². The minimum absolute atomic E-state index is 0.0119. The van der Waals surface area contributed by atoms with Crippen LogP contribution in [0.2, 0.25) is 0 Å². The Hall–Kier alpha value is -2.96. The molecule has 0 bridgehead atoms. The number of allylic oxidation sites excluding steroid dienone is 2. The van der Waals surface area contributed by atoms with Crippen molar-refractivity contribution in [2.45, 2.75) is 39.5 Å². The average molecular weight is 581 g/mol. The Morgan fingerprint density at radius 3 is 1.22 bits per heavy atom. The lowest BCUT2D eigenvalue weighted by atomic mass is 9.86. The number of nitrogens with one attached hydrogen (secondary N) is 2. The van der Waals surface area contributed by atoms with E-state index in [9.17, 15) is 19.2 Å². The van der Waals surface area contributed by atoms with Crippen LogP contribution in [0.25, 0.3) is 0 Å². The molecule has 41 heavy (non-hydrogen) atoms. The highest BCUT2D eigenvalue weighted by Crippen LogP contribution is 2.28. The second-order valence-corrected chi connectivity index (χ2v) is 9.62. The molecule has 0 fully saturated rings. The number of carbonyl (C=O) groups is 4.